The number of aliphatic hydroxyl groups excluding tert-OH is 1. The largest absolute Gasteiger partial charge is 0.392 e. The zero-order chi connectivity index (χ0) is 14.2. The fourth-order valence-electron chi connectivity index (χ4n) is 1.82. The molecule has 3 nitrogen and oxygen atoms in total. The summed E-state index contributed by atoms with van der Waals surface area (Å²) in [5, 5.41) is 11.9. The first kappa shape index (κ1) is 14.0. The van der Waals surface area contributed by atoms with E-state index in [2.05, 4.69) is 5.32 Å². The second-order valence-electron chi connectivity index (χ2n) is 4.44. The number of carbonyl (C=O) groups excluding carboxylic acids is 1. The lowest BCUT2D eigenvalue weighted by Gasteiger charge is -2.04. The number of rotatable bonds is 5. The van der Waals surface area contributed by atoms with Gasteiger partial charge < -0.3 is 10.4 Å². The van der Waals surface area contributed by atoms with E-state index in [0.29, 0.717) is 6.54 Å². The van der Waals surface area contributed by atoms with E-state index in [0.717, 1.165) is 16.7 Å². The molecule has 0 saturated heterocycles. The molecule has 0 atom stereocenters. The van der Waals surface area contributed by atoms with Gasteiger partial charge in [-0.1, -0.05) is 54.6 Å². The van der Waals surface area contributed by atoms with Gasteiger partial charge >= 0.3 is 0 Å². The van der Waals surface area contributed by atoms with Gasteiger partial charge in [-0.25, -0.2) is 0 Å². The summed E-state index contributed by atoms with van der Waals surface area (Å²) in [5.41, 5.74) is 2.81. The van der Waals surface area contributed by atoms with Crippen molar-refractivity contribution in [2.75, 3.05) is 0 Å². The Morgan fingerprint density at radius 3 is 2.55 bits per heavy atom. The van der Waals surface area contributed by atoms with Crippen LogP contribution in [0.4, 0.5) is 0 Å². The molecule has 0 radical (unpaired) electrons. The van der Waals surface area contributed by atoms with Crippen molar-refractivity contribution in [1.82, 2.24) is 5.32 Å². The molecule has 2 rings (SSSR count). The number of hydrogen-bond donors (Lipinski definition) is 2. The van der Waals surface area contributed by atoms with Crippen LogP contribution in [0.25, 0.3) is 6.08 Å². The minimum atomic E-state index is -0.136. The van der Waals surface area contributed by atoms with Crippen LogP contribution in [0.1, 0.15) is 16.7 Å². The van der Waals surface area contributed by atoms with E-state index in [1.807, 2.05) is 54.6 Å². The molecule has 0 heterocycles. The molecule has 0 bridgehead atoms. The number of hydrogen-bond acceptors (Lipinski definition) is 2. The van der Waals surface area contributed by atoms with Gasteiger partial charge in [0.25, 0.3) is 0 Å². The Morgan fingerprint density at radius 2 is 1.80 bits per heavy atom. The molecule has 102 valence electrons. The summed E-state index contributed by atoms with van der Waals surface area (Å²) >= 11 is 0. The number of carbonyl (C=O) groups is 1. The van der Waals surface area contributed by atoms with Crippen molar-refractivity contribution < 1.29 is 9.90 Å². The lowest BCUT2D eigenvalue weighted by molar-refractivity contribution is -0.116. The van der Waals surface area contributed by atoms with Crippen LogP contribution in [0.3, 0.4) is 0 Å². The van der Waals surface area contributed by atoms with Crippen LogP contribution < -0.4 is 5.32 Å². The molecule has 1 amide bonds. The molecular formula is C17H17NO2. The van der Waals surface area contributed by atoms with Gasteiger partial charge in [0.1, 0.15) is 0 Å². The Bertz CT molecular complexity index is 591. The van der Waals surface area contributed by atoms with Crippen molar-refractivity contribution in [3.63, 3.8) is 0 Å². The van der Waals surface area contributed by atoms with Crippen molar-refractivity contribution in [1.29, 1.82) is 0 Å². The van der Waals surface area contributed by atoms with E-state index in [9.17, 15) is 4.79 Å². The predicted octanol–water partition coefficient (Wildman–Crippen LogP) is 2.51. The normalized spacial score (nSPS) is 10.7. The zero-order valence-corrected chi connectivity index (χ0v) is 11.1. The quantitative estimate of drug-likeness (QED) is 0.818. The van der Waals surface area contributed by atoms with Crippen LogP contribution >= 0.6 is 0 Å². The minimum absolute atomic E-state index is 0.00962. The highest BCUT2D eigenvalue weighted by molar-refractivity contribution is 5.91. The molecule has 0 saturated carbocycles. The molecule has 2 N–H and O–H groups in total. The van der Waals surface area contributed by atoms with Crippen LogP contribution in [-0.2, 0) is 17.9 Å². The second-order valence-corrected chi connectivity index (χ2v) is 4.44. The first-order valence-electron chi connectivity index (χ1n) is 6.47. The van der Waals surface area contributed by atoms with E-state index in [1.54, 1.807) is 6.08 Å². The van der Waals surface area contributed by atoms with Gasteiger partial charge in [-0.2, -0.15) is 0 Å². The van der Waals surface area contributed by atoms with Gasteiger partial charge in [-0.05, 0) is 22.8 Å². The lowest BCUT2D eigenvalue weighted by atomic mass is 10.1. The molecule has 2 aromatic rings. The fourth-order valence-corrected chi connectivity index (χ4v) is 1.82. The van der Waals surface area contributed by atoms with Gasteiger partial charge in [0.2, 0.25) is 5.91 Å². The summed E-state index contributed by atoms with van der Waals surface area (Å²) in [7, 11) is 0. The second kappa shape index (κ2) is 7.26. The fraction of sp³-hybridized carbons (Fsp3) is 0.118. The number of aliphatic hydroxyl groups is 1. The summed E-state index contributed by atoms with van der Waals surface area (Å²) in [6.45, 7) is 0.460. The maximum atomic E-state index is 11.7. The van der Waals surface area contributed by atoms with Crippen LogP contribution in [0, 0.1) is 0 Å². The van der Waals surface area contributed by atoms with Gasteiger partial charge in [0, 0.05) is 12.6 Å². The summed E-state index contributed by atoms with van der Waals surface area (Å²) in [6.07, 6.45) is 3.30. The Labute approximate surface area is 118 Å². The number of amides is 1. The van der Waals surface area contributed by atoms with Crippen molar-refractivity contribution >= 4 is 12.0 Å². The molecule has 2 aromatic carbocycles. The molecule has 0 aromatic heterocycles. The molecule has 0 aliphatic carbocycles. The highest BCUT2D eigenvalue weighted by atomic mass is 16.3. The first-order valence-corrected chi connectivity index (χ1v) is 6.47. The molecule has 0 unspecified atom stereocenters. The summed E-state index contributed by atoms with van der Waals surface area (Å²) in [4.78, 5) is 11.7. The van der Waals surface area contributed by atoms with Crippen molar-refractivity contribution in [3.05, 3.63) is 77.4 Å². The topological polar surface area (TPSA) is 49.3 Å². The minimum Gasteiger partial charge on any atom is -0.392 e. The predicted molar refractivity (Wildman–Crippen MR) is 79.7 cm³/mol. The summed E-state index contributed by atoms with van der Waals surface area (Å²) < 4.78 is 0. The molecule has 3 heteroatoms. The SMILES string of the molecule is O=C(C=Cc1ccccc1)NCc1cccc(CO)c1. The van der Waals surface area contributed by atoms with Gasteiger partial charge in [0.05, 0.1) is 6.61 Å². The average Bonchev–Trinajstić information content (AvgIpc) is 2.52. The van der Waals surface area contributed by atoms with Crippen LogP contribution in [0.5, 0.6) is 0 Å². The number of nitrogens with one attached hydrogen (secondary N) is 1. The Hall–Kier alpha value is -2.39. The standard InChI is InChI=1S/C17H17NO2/c19-13-16-8-4-7-15(11-16)12-18-17(20)10-9-14-5-2-1-3-6-14/h1-11,19H,12-13H2,(H,18,20). The molecule has 0 fully saturated rings. The highest BCUT2D eigenvalue weighted by Crippen LogP contribution is 2.05. The third kappa shape index (κ3) is 4.37. The maximum absolute atomic E-state index is 11.7. The third-order valence-corrected chi connectivity index (χ3v) is 2.87. The monoisotopic (exact) mass is 267 g/mol. The molecular weight excluding hydrogens is 250 g/mol. The Kier molecular flexibility index (Phi) is 5.09. The zero-order valence-electron chi connectivity index (χ0n) is 11.1. The van der Waals surface area contributed by atoms with Gasteiger partial charge in [-0.15, -0.1) is 0 Å². The number of benzene rings is 2. The molecule has 0 aliphatic rings. The molecule has 20 heavy (non-hydrogen) atoms. The molecule has 0 aliphatic heterocycles. The first-order chi connectivity index (χ1) is 9.78. The van der Waals surface area contributed by atoms with E-state index in [4.69, 9.17) is 5.11 Å². The van der Waals surface area contributed by atoms with E-state index >= 15 is 0 Å². The van der Waals surface area contributed by atoms with E-state index in [1.165, 1.54) is 6.08 Å². The van der Waals surface area contributed by atoms with Crippen LogP contribution in [-0.4, -0.2) is 11.0 Å². The Balaban J connectivity index is 1.87. The summed E-state index contributed by atoms with van der Waals surface area (Å²) in [5.74, 6) is -0.136. The third-order valence-electron chi connectivity index (χ3n) is 2.87. The maximum Gasteiger partial charge on any atom is 0.244 e. The van der Waals surface area contributed by atoms with Crippen LogP contribution in [0.15, 0.2) is 60.7 Å². The van der Waals surface area contributed by atoms with Crippen molar-refractivity contribution in [3.8, 4) is 0 Å². The van der Waals surface area contributed by atoms with Crippen molar-refractivity contribution in [2.45, 2.75) is 13.2 Å². The van der Waals surface area contributed by atoms with Crippen molar-refractivity contribution in [2.24, 2.45) is 0 Å². The van der Waals surface area contributed by atoms with Gasteiger partial charge in [-0.3, -0.25) is 4.79 Å². The Morgan fingerprint density at radius 1 is 1.05 bits per heavy atom. The highest BCUT2D eigenvalue weighted by Gasteiger charge is 1.98. The lowest BCUT2D eigenvalue weighted by Crippen LogP contribution is -2.20. The van der Waals surface area contributed by atoms with E-state index < -0.39 is 0 Å². The smallest absolute Gasteiger partial charge is 0.244 e. The van der Waals surface area contributed by atoms with Gasteiger partial charge in [0.15, 0.2) is 0 Å². The van der Waals surface area contributed by atoms with Crippen LogP contribution in [0.2, 0.25) is 0 Å². The summed E-state index contributed by atoms with van der Waals surface area (Å²) in [6, 6.07) is 17.2. The molecule has 0 spiro atoms. The van der Waals surface area contributed by atoms with E-state index in [-0.39, 0.29) is 12.5 Å². The average molecular weight is 267 g/mol.